The monoisotopic (exact) mass is 425 g/mol. The summed E-state index contributed by atoms with van der Waals surface area (Å²) >= 11 is 0. The van der Waals surface area contributed by atoms with Gasteiger partial charge in [-0.15, -0.1) is 0 Å². The third-order valence-corrected chi connectivity index (χ3v) is 7.19. The zero-order chi connectivity index (χ0) is 20.9. The molecule has 0 saturated heterocycles. The zero-order valence-electron chi connectivity index (χ0n) is 16.6. The summed E-state index contributed by atoms with van der Waals surface area (Å²) in [7, 11) is -0.896. The van der Waals surface area contributed by atoms with E-state index in [4.69, 9.17) is 0 Å². The second-order valence-corrected chi connectivity index (χ2v) is 9.28. The van der Waals surface area contributed by atoms with Crippen LogP contribution in [0.3, 0.4) is 0 Å². The van der Waals surface area contributed by atoms with Crippen LogP contribution in [-0.2, 0) is 16.6 Å². The lowest BCUT2D eigenvalue weighted by Gasteiger charge is -2.21. The van der Waals surface area contributed by atoms with Crippen molar-refractivity contribution in [3.63, 3.8) is 0 Å². The Morgan fingerprint density at radius 2 is 1.93 bits per heavy atom. The molecule has 1 atom stereocenters. The normalized spacial score (nSPS) is 15.6. The van der Waals surface area contributed by atoms with Crippen molar-refractivity contribution in [3.8, 4) is 5.69 Å². The average molecular weight is 426 g/mol. The standard InChI is InChI=1S/C23H24FN3O2S/c24-21-11-4-5-12-22(21)27-15-18(14-25-27)23(28)26-19-8-6-7-17(13-19)16-30(29)20-9-2-1-3-10-20/h4-8,11-15,20H,1-3,9-10,16H2,(H,26,28). The number of hydrogen-bond donors (Lipinski definition) is 1. The van der Waals surface area contributed by atoms with Crippen LogP contribution in [0, 0.1) is 5.82 Å². The van der Waals surface area contributed by atoms with E-state index in [9.17, 15) is 13.4 Å². The van der Waals surface area contributed by atoms with Crippen molar-refractivity contribution in [2.75, 3.05) is 5.32 Å². The molecular weight excluding hydrogens is 401 g/mol. The van der Waals surface area contributed by atoms with Gasteiger partial charge >= 0.3 is 0 Å². The van der Waals surface area contributed by atoms with E-state index in [0.29, 0.717) is 17.0 Å². The minimum absolute atomic E-state index is 0.279. The smallest absolute Gasteiger partial charge is 0.258 e. The maximum Gasteiger partial charge on any atom is 0.258 e. The van der Waals surface area contributed by atoms with Gasteiger partial charge in [0.2, 0.25) is 0 Å². The van der Waals surface area contributed by atoms with Gasteiger partial charge in [0.05, 0.1) is 11.8 Å². The van der Waals surface area contributed by atoms with Gasteiger partial charge in [-0.2, -0.15) is 5.10 Å². The Morgan fingerprint density at radius 1 is 1.13 bits per heavy atom. The molecule has 0 spiro atoms. The van der Waals surface area contributed by atoms with Crippen LogP contribution in [0.5, 0.6) is 0 Å². The van der Waals surface area contributed by atoms with Gasteiger partial charge in [0.25, 0.3) is 5.91 Å². The molecule has 1 unspecified atom stereocenters. The second kappa shape index (κ2) is 9.34. The summed E-state index contributed by atoms with van der Waals surface area (Å²) in [5.41, 5.74) is 2.19. The molecule has 1 N–H and O–H groups in total. The number of aromatic nitrogens is 2. The van der Waals surface area contributed by atoms with Crippen molar-refractivity contribution >= 4 is 22.4 Å². The summed E-state index contributed by atoms with van der Waals surface area (Å²) in [5, 5.41) is 7.22. The van der Waals surface area contributed by atoms with E-state index in [-0.39, 0.29) is 16.8 Å². The van der Waals surface area contributed by atoms with Crippen molar-refractivity contribution in [2.45, 2.75) is 43.1 Å². The molecule has 30 heavy (non-hydrogen) atoms. The molecule has 7 heteroatoms. The summed E-state index contributed by atoms with van der Waals surface area (Å²) in [4.78, 5) is 12.6. The summed E-state index contributed by atoms with van der Waals surface area (Å²) < 4.78 is 27.9. The number of anilines is 1. The highest BCUT2D eigenvalue weighted by Crippen LogP contribution is 2.24. The number of amides is 1. The predicted octanol–water partition coefficient (Wildman–Crippen LogP) is 4.85. The maximum absolute atomic E-state index is 13.9. The van der Waals surface area contributed by atoms with Crippen LogP contribution in [0.15, 0.2) is 60.9 Å². The lowest BCUT2D eigenvalue weighted by atomic mass is 10.0. The van der Waals surface area contributed by atoms with Crippen LogP contribution >= 0.6 is 0 Å². The summed E-state index contributed by atoms with van der Waals surface area (Å²) in [6, 6.07) is 13.7. The Balaban J connectivity index is 1.42. The largest absolute Gasteiger partial charge is 0.322 e. The highest BCUT2D eigenvalue weighted by molar-refractivity contribution is 7.84. The Labute approximate surface area is 177 Å². The van der Waals surface area contributed by atoms with E-state index >= 15 is 0 Å². The SMILES string of the molecule is O=C(Nc1cccc(CS(=O)C2CCCCC2)c1)c1cnn(-c2ccccc2F)c1. The fourth-order valence-electron chi connectivity index (χ4n) is 3.76. The second-order valence-electron chi connectivity index (χ2n) is 7.56. The third kappa shape index (κ3) is 4.84. The molecule has 3 aromatic rings. The number of nitrogens with one attached hydrogen (secondary N) is 1. The van der Waals surface area contributed by atoms with Gasteiger partial charge in [-0.25, -0.2) is 9.07 Å². The number of carbonyl (C=O) groups excluding carboxylic acids is 1. The molecular formula is C23H24FN3O2S. The summed E-state index contributed by atoms with van der Waals surface area (Å²) in [6.07, 6.45) is 8.53. The molecule has 0 aliphatic heterocycles. The molecule has 2 aromatic carbocycles. The highest BCUT2D eigenvalue weighted by Gasteiger charge is 2.20. The lowest BCUT2D eigenvalue weighted by Crippen LogP contribution is -2.19. The Kier molecular flexibility index (Phi) is 6.38. The van der Waals surface area contributed by atoms with Crippen LogP contribution < -0.4 is 5.32 Å². The summed E-state index contributed by atoms with van der Waals surface area (Å²) in [5.74, 6) is -0.242. The van der Waals surface area contributed by atoms with E-state index in [1.54, 1.807) is 24.3 Å². The number of nitrogens with zero attached hydrogens (tertiary/aromatic N) is 2. The molecule has 1 fully saturated rings. The van der Waals surface area contributed by atoms with Gasteiger partial charge < -0.3 is 5.32 Å². The van der Waals surface area contributed by atoms with Crippen molar-refractivity contribution in [1.82, 2.24) is 9.78 Å². The Hall–Kier alpha value is -2.80. The number of carbonyl (C=O) groups is 1. The van der Waals surface area contributed by atoms with E-state index in [2.05, 4.69) is 10.4 Å². The van der Waals surface area contributed by atoms with E-state index in [0.717, 1.165) is 31.2 Å². The van der Waals surface area contributed by atoms with Crippen molar-refractivity contribution in [2.24, 2.45) is 0 Å². The molecule has 4 rings (SSSR count). The number of halogens is 1. The third-order valence-electron chi connectivity index (χ3n) is 5.36. The van der Waals surface area contributed by atoms with E-state index in [1.807, 2.05) is 18.2 Å². The van der Waals surface area contributed by atoms with Gasteiger partial charge in [-0.3, -0.25) is 9.00 Å². The Morgan fingerprint density at radius 3 is 2.73 bits per heavy atom. The lowest BCUT2D eigenvalue weighted by molar-refractivity contribution is 0.102. The fourth-order valence-corrected chi connectivity index (χ4v) is 5.36. The molecule has 0 radical (unpaired) electrons. The Bertz CT molecular complexity index is 1060. The number of benzene rings is 2. The predicted molar refractivity (Wildman–Crippen MR) is 117 cm³/mol. The first kappa shape index (κ1) is 20.5. The molecule has 0 bridgehead atoms. The minimum atomic E-state index is -0.896. The quantitative estimate of drug-likeness (QED) is 0.614. The van der Waals surface area contributed by atoms with Crippen LogP contribution in [0.25, 0.3) is 5.69 Å². The molecule has 1 aliphatic rings. The fraction of sp³-hybridized carbons (Fsp3) is 0.304. The maximum atomic E-state index is 13.9. The van der Waals surface area contributed by atoms with Gasteiger partial charge in [0.1, 0.15) is 11.5 Å². The van der Waals surface area contributed by atoms with Gasteiger partial charge in [0, 0.05) is 33.7 Å². The molecule has 1 saturated carbocycles. The number of hydrogen-bond acceptors (Lipinski definition) is 3. The number of rotatable bonds is 6. The van der Waals surface area contributed by atoms with Crippen LogP contribution in [0.4, 0.5) is 10.1 Å². The topological polar surface area (TPSA) is 64.0 Å². The first-order chi connectivity index (χ1) is 14.6. The molecule has 1 heterocycles. The molecule has 1 amide bonds. The van der Waals surface area contributed by atoms with Crippen LogP contribution in [0.2, 0.25) is 0 Å². The minimum Gasteiger partial charge on any atom is -0.322 e. The number of para-hydroxylation sites is 1. The molecule has 1 aliphatic carbocycles. The van der Waals surface area contributed by atoms with E-state index < -0.39 is 16.6 Å². The first-order valence-electron chi connectivity index (χ1n) is 10.2. The molecule has 5 nitrogen and oxygen atoms in total. The van der Waals surface area contributed by atoms with Gasteiger partial charge in [-0.05, 0) is 42.7 Å². The average Bonchev–Trinajstić information content (AvgIpc) is 3.25. The zero-order valence-corrected chi connectivity index (χ0v) is 17.4. The van der Waals surface area contributed by atoms with Crippen molar-refractivity contribution in [1.29, 1.82) is 0 Å². The van der Waals surface area contributed by atoms with Gasteiger partial charge in [0.15, 0.2) is 0 Å². The summed E-state index contributed by atoms with van der Waals surface area (Å²) in [6.45, 7) is 0. The van der Waals surface area contributed by atoms with Crippen LogP contribution in [-0.4, -0.2) is 25.1 Å². The molecule has 156 valence electrons. The van der Waals surface area contributed by atoms with E-state index in [1.165, 1.54) is 29.6 Å². The van der Waals surface area contributed by atoms with Crippen molar-refractivity contribution < 1.29 is 13.4 Å². The first-order valence-corrected chi connectivity index (χ1v) is 11.6. The highest BCUT2D eigenvalue weighted by atomic mass is 32.2. The van der Waals surface area contributed by atoms with Gasteiger partial charge in [-0.1, -0.05) is 43.5 Å². The molecule has 1 aromatic heterocycles. The van der Waals surface area contributed by atoms with Crippen LogP contribution in [0.1, 0.15) is 48.0 Å². The van der Waals surface area contributed by atoms with Crippen molar-refractivity contribution in [3.05, 3.63) is 77.9 Å².